The molecule has 0 aliphatic rings. The summed E-state index contributed by atoms with van der Waals surface area (Å²) in [5.74, 6) is -0.250. The average Bonchev–Trinajstić information content (AvgIpc) is 3.08. The summed E-state index contributed by atoms with van der Waals surface area (Å²) in [6, 6.07) is 14.9. The van der Waals surface area contributed by atoms with Crippen LogP contribution in [0.15, 0.2) is 59.7 Å². The smallest absolute Gasteiger partial charge is 0.263 e. The van der Waals surface area contributed by atoms with Crippen molar-refractivity contribution in [1.29, 1.82) is 0 Å². The van der Waals surface area contributed by atoms with Crippen molar-refractivity contribution in [2.45, 2.75) is 33.7 Å². The number of hydrogen-bond donors (Lipinski definition) is 1. The van der Waals surface area contributed by atoms with E-state index in [1.807, 2.05) is 69.3 Å². The van der Waals surface area contributed by atoms with Gasteiger partial charge >= 0.3 is 0 Å². The highest BCUT2D eigenvalue weighted by Gasteiger charge is 2.22. The molecular weight excluding hydrogens is 394 g/mol. The van der Waals surface area contributed by atoms with Crippen LogP contribution in [0.25, 0.3) is 21.3 Å². The maximum absolute atomic E-state index is 13.4. The van der Waals surface area contributed by atoms with Crippen LogP contribution < -0.4 is 10.9 Å². The summed E-state index contributed by atoms with van der Waals surface area (Å²) in [7, 11) is 0. The quantitative estimate of drug-likeness (QED) is 0.493. The molecule has 30 heavy (non-hydrogen) atoms. The van der Waals surface area contributed by atoms with Crippen LogP contribution in [0.4, 0.5) is 5.69 Å². The molecule has 0 aliphatic carbocycles. The van der Waals surface area contributed by atoms with Crippen molar-refractivity contribution in [3.63, 3.8) is 0 Å². The molecule has 152 valence electrons. The van der Waals surface area contributed by atoms with Gasteiger partial charge in [0.1, 0.15) is 10.9 Å². The summed E-state index contributed by atoms with van der Waals surface area (Å²) in [6.07, 6.45) is 1.47. The standard InChI is InChI=1S/C24H23N3O2S/c1-14-9-8-12-19(15(14)2)26-22(28)16(3)27-13-25-23-21(24(27)29)20(17(4)30-23)18-10-6-5-7-11-18/h5-13,16H,1-4H3,(H,26,28)/t16-/m1/s1. The van der Waals surface area contributed by atoms with Gasteiger partial charge in [0.25, 0.3) is 5.56 Å². The van der Waals surface area contributed by atoms with E-state index in [9.17, 15) is 9.59 Å². The van der Waals surface area contributed by atoms with Crippen molar-refractivity contribution in [3.8, 4) is 11.1 Å². The van der Waals surface area contributed by atoms with Gasteiger partial charge in [0.15, 0.2) is 0 Å². The molecule has 2 aromatic heterocycles. The zero-order valence-corrected chi connectivity index (χ0v) is 18.2. The topological polar surface area (TPSA) is 64.0 Å². The summed E-state index contributed by atoms with van der Waals surface area (Å²) in [5, 5.41) is 3.52. The first-order valence-corrected chi connectivity index (χ1v) is 10.6. The predicted octanol–water partition coefficient (Wildman–Crippen LogP) is 5.25. The minimum absolute atomic E-state index is 0.202. The van der Waals surface area contributed by atoms with E-state index < -0.39 is 6.04 Å². The van der Waals surface area contributed by atoms with E-state index in [-0.39, 0.29) is 11.5 Å². The second-order valence-corrected chi connectivity index (χ2v) is 8.65. The summed E-state index contributed by atoms with van der Waals surface area (Å²) < 4.78 is 1.42. The number of nitrogens with zero attached hydrogens (tertiary/aromatic N) is 2. The molecule has 0 saturated carbocycles. The zero-order valence-electron chi connectivity index (χ0n) is 17.4. The number of anilines is 1. The minimum atomic E-state index is -0.696. The third-order valence-electron chi connectivity index (χ3n) is 5.54. The average molecular weight is 418 g/mol. The molecule has 4 rings (SSSR count). The monoisotopic (exact) mass is 417 g/mol. The third-order valence-corrected chi connectivity index (χ3v) is 6.55. The van der Waals surface area contributed by atoms with Crippen LogP contribution in [-0.4, -0.2) is 15.5 Å². The molecular formula is C24H23N3O2S. The number of carbonyl (C=O) groups is 1. The molecule has 0 fully saturated rings. The molecule has 0 saturated heterocycles. The van der Waals surface area contributed by atoms with E-state index in [4.69, 9.17) is 0 Å². The first kappa shape index (κ1) is 20.0. The number of fused-ring (bicyclic) bond motifs is 1. The molecule has 6 heteroatoms. The Balaban J connectivity index is 1.76. The van der Waals surface area contributed by atoms with Crippen LogP contribution in [0.3, 0.4) is 0 Å². The Bertz CT molecular complexity index is 1310. The third kappa shape index (κ3) is 3.44. The van der Waals surface area contributed by atoms with E-state index in [0.29, 0.717) is 10.2 Å². The Morgan fingerprint density at radius 3 is 2.53 bits per heavy atom. The molecule has 1 N–H and O–H groups in total. The van der Waals surface area contributed by atoms with Crippen LogP contribution in [0.5, 0.6) is 0 Å². The molecule has 2 aromatic carbocycles. The van der Waals surface area contributed by atoms with Crippen molar-refractivity contribution in [1.82, 2.24) is 9.55 Å². The van der Waals surface area contributed by atoms with Gasteiger partial charge in [-0.05, 0) is 50.5 Å². The minimum Gasteiger partial charge on any atom is -0.324 e. The van der Waals surface area contributed by atoms with Gasteiger partial charge in [0.05, 0.1) is 11.7 Å². The Morgan fingerprint density at radius 2 is 1.80 bits per heavy atom. The number of rotatable bonds is 4. The van der Waals surface area contributed by atoms with E-state index in [0.717, 1.165) is 32.8 Å². The maximum atomic E-state index is 13.4. The van der Waals surface area contributed by atoms with Gasteiger partial charge in [0.2, 0.25) is 5.91 Å². The second kappa shape index (κ2) is 7.88. The highest BCUT2D eigenvalue weighted by atomic mass is 32.1. The van der Waals surface area contributed by atoms with Crippen molar-refractivity contribution in [2.24, 2.45) is 0 Å². The number of benzene rings is 2. The van der Waals surface area contributed by atoms with Crippen LogP contribution in [-0.2, 0) is 4.79 Å². The second-order valence-electron chi connectivity index (χ2n) is 7.45. The predicted molar refractivity (Wildman–Crippen MR) is 123 cm³/mol. The van der Waals surface area contributed by atoms with Crippen molar-refractivity contribution in [2.75, 3.05) is 5.32 Å². The van der Waals surface area contributed by atoms with E-state index in [1.165, 1.54) is 22.2 Å². The number of nitrogens with one attached hydrogen (secondary N) is 1. The van der Waals surface area contributed by atoms with Gasteiger partial charge in [-0.2, -0.15) is 0 Å². The van der Waals surface area contributed by atoms with Crippen LogP contribution in [0.1, 0.15) is 29.0 Å². The molecule has 1 atom stereocenters. The molecule has 0 unspecified atom stereocenters. The number of aromatic nitrogens is 2. The fourth-order valence-corrected chi connectivity index (χ4v) is 4.60. The molecule has 0 bridgehead atoms. The molecule has 0 radical (unpaired) electrons. The van der Waals surface area contributed by atoms with E-state index in [2.05, 4.69) is 10.3 Å². The molecule has 0 aliphatic heterocycles. The van der Waals surface area contributed by atoms with Gasteiger partial charge in [-0.25, -0.2) is 4.98 Å². The normalized spacial score (nSPS) is 12.1. The molecule has 2 heterocycles. The number of aryl methyl sites for hydroxylation is 2. The lowest BCUT2D eigenvalue weighted by molar-refractivity contribution is -0.118. The molecule has 1 amide bonds. The highest BCUT2D eigenvalue weighted by molar-refractivity contribution is 7.19. The maximum Gasteiger partial charge on any atom is 0.263 e. The molecule has 0 spiro atoms. The van der Waals surface area contributed by atoms with E-state index >= 15 is 0 Å². The molecule has 5 nitrogen and oxygen atoms in total. The summed E-state index contributed by atoms with van der Waals surface area (Å²) >= 11 is 1.50. The first-order chi connectivity index (χ1) is 14.4. The van der Waals surface area contributed by atoms with Crippen molar-refractivity contribution >= 4 is 33.1 Å². The number of thiophene rings is 1. The lowest BCUT2D eigenvalue weighted by Crippen LogP contribution is -2.32. The van der Waals surface area contributed by atoms with Crippen molar-refractivity contribution in [3.05, 3.63) is 81.2 Å². The Morgan fingerprint density at radius 1 is 1.07 bits per heavy atom. The largest absolute Gasteiger partial charge is 0.324 e. The zero-order chi connectivity index (χ0) is 21.4. The Kier molecular flexibility index (Phi) is 5.26. The fraction of sp³-hybridized carbons (Fsp3) is 0.208. The highest BCUT2D eigenvalue weighted by Crippen LogP contribution is 2.35. The summed E-state index contributed by atoms with van der Waals surface area (Å²) in [4.78, 5) is 32.5. The number of carbonyl (C=O) groups excluding carboxylic acids is 1. The SMILES string of the molecule is Cc1cccc(NC(=O)[C@@H](C)n2cnc3sc(C)c(-c4ccccc4)c3c2=O)c1C. The fourth-order valence-electron chi connectivity index (χ4n) is 3.59. The van der Waals surface area contributed by atoms with Gasteiger partial charge < -0.3 is 5.32 Å². The first-order valence-electron chi connectivity index (χ1n) is 9.81. The van der Waals surface area contributed by atoms with Gasteiger partial charge in [-0.15, -0.1) is 11.3 Å². The lowest BCUT2D eigenvalue weighted by Gasteiger charge is -2.17. The number of hydrogen-bond acceptors (Lipinski definition) is 4. The summed E-state index contributed by atoms with van der Waals surface area (Å²) in [6.45, 7) is 7.68. The van der Waals surface area contributed by atoms with Gasteiger partial charge in [-0.1, -0.05) is 42.5 Å². The lowest BCUT2D eigenvalue weighted by atomic mass is 10.0. The number of amides is 1. The van der Waals surface area contributed by atoms with Crippen LogP contribution in [0.2, 0.25) is 0 Å². The Hall–Kier alpha value is -3.25. The van der Waals surface area contributed by atoms with Crippen LogP contribution in [0, 0.1) is 20.8 Å². The van der Waals surface area contributed by atoms with Crippen molar-refractivity contribution < 1.29 is 4.79 Å². The van der Waals surface area contributed by atoms with Gasteiger partial charge in [-0.3, -0.25) is 14.2 Å². The Labute approximate surface area is 179 Å². The van der Waals surface area contributed by atoms with Crippen LogP contribution >= 0.6 is 11.3 Å². The van der Waals surface area contributed by atoms with E-state index in [1.54, 1.807) is 6.92 Å². The molecule has 4 aromatic rings. The summed E-state index contributed by atoms with van der Waals surface area (Å²) in [5.41, 5.74) is 4.54. The van der Waals surface area contributed by atoms with Gasteiger partial charge in [0, 0.05) is 16.1 Å².